The quantitative estimate of drug-likeness (QED) is 0.769. The summed E-state index contributed by atoms with van der Waals surface area (Å²) in [5.41, 5.74) is 0.592. The number of hydrogen-bond acceptors (Lipinski definition) is 3. The summed E-state index contributed by atoms with van der Waals surface area (Å²) >= 11 is 6.04. The van der Waals surface area contributed by atoms with Crippen LogP contribution in [0.15, 0.2) is 18.2 Å². The summed E-state index contributed by atoms with van der Waals surface area (Å²) < 4.78 is 5.73. The molecule has 1 fully saturated rings. The molecule has 1 unspecified atom stereocenters. The van der Waals surface area contributed by atoms with Crippen molar-refractivity contribution in [3.05, 3.63) is 28.8 Å². The molecule has 21 heavy (non-hydrogen) atoms. The molecule has 1 atom stereocenters. The summed E-state index contributed by atoms with van der Waals surface area (Å²) in [6.07, 6.45) is 2.45. The molecular weight excluding hydrogens is 286 g/mol. The minimum atomic E-state index is 0.0349. The largest absolute Gasteiger partial charge is 0.490 e. The molecule has 116 valence electrons. The lowest BCUT2D eigenvalue weighted by Gasteiger charge is -2.30. The maximum atomic E-state index is 12.6. The Balaban J connectivity index is 2.12. The van der Waals surface area contributed by atoms with Gasteiger partial charge in [0.15, 0.2) is 5.78 Å². The number of carbonyl (C=O) groups excluding carboxylic acids is 1. The first-order chi connectivity index (χ1) is 9.95. The molecule has 1 aromatic rings. The maximum absolute atomic E-state index is 12.6. The lowest BCUT2D eigenvalue weighted by Crippen LogP contribution is -2.38. The third kappa shape index (κ3) is 4.72. The van der Waals surface area contributed by atoms with E-state index in [-0.39, 0.29) is 11.9 Å². The summed E-state index contributed by atoms with van der Waals surface area (Å²) in [6.45, 7) is 8.58. The van der Waals surface area contributed by atoms with E-state index >= 15 is 0 Å². The third-order valence-electron chi connectivity index (χ3n) is 3.71. The molecule has 0 aromatic heterocycles. The number of piperidine rings is 1. The number of benzene rings is 1. The Morgan fingerprint density at radius 2 is 2.24 bits per heavy atom. The van der Waals surface area contributed by atoms with Gasteiger partial charge in [0.25, 0.3) is 0 Å². The van der Waals surface area contributed by atoms with Gasteiger partial charge < -0.3 is 4.74 Å². The van der Waals surface area contributed by atoms with E-state index in [1.54, 1.807) is 18.2 Å². The van der Waals surface area contributed by atoms with Gasteiger partial charge in [-0.2, -0.15) is 0 Å². The Hall–Kier alpha value is -1.06. The lowest BCUT2D eigenvalue weighted by atomic mass is 9.99. The zero-order chi connectivity index (χ0) is 15.4. The lowest BCUT2D eigenvalue weighted by molar-refractivity contribution is 0.0887. The molecule has 1 heterocycles. The highest BCUT2D eigenvalue weighted by molar-refractivity contribution is 6.31. The maximum Gasteiger partial charge on any atom is 0.180 e. The Bertz CT molecular complexity index is 502. The van der Waals surface area contributed by atoms with Crippen LogP contribution in [0, 0.1) is 5.92 Å². The average Bonchev–Trinajstić information content (AvgIpc) is 2.40. The topological polar surface area (TPSA) is 29.5 Å². The summed E-state index contributed by atoms with van der Waals surface area (Å²) in [4.78, 5) is 14.8. The molecule has 4 heteroatoms. The molecule has 1 aliphatic rings. The van der Waals surface area contributed by atoms with E-state index in [1.165, 1.54) is 12.8 Å². The molecule has 3 nitrogen and oxygen atoms in total. The summed E-state index contributed by atoms with van der Waals surface area (Å²) in [5.74, 6) is 1.38. The van der Waals surface area contributed by atoms with Crippen LogP contribution in [0.1, 0.15) is 44.0 Å². The Morgan fingerprint density at radius 1 is 1.48 bits per heavy atom. The highest BCUT2D eigenvalue weighted by Crippen LogP contribution is 2.25. The van der Waals surface area contributed by atoms with Crippen molar-refractivity contribution in [2.45, 2.75) is 39.7 Å². The first-order valence-corrected chi connectivity index (χ1v) is 8.05. The molecule has 1 saturated heterocycles. The molecule has 1 aliphatic heterocycles. The smallest absolute Gasteiger partial charge is 0.180 e. The highest BCUT2D eigenvalue weighted by atomic mass is 35.5. The van der Waals surface area contributed by atoms with Crippen LogP contribution in [0.25, 0.3) is 0 Å². The van der Waals surface area contributed by atoms with Crippen molar-refractivity contribution >= 4 is 17.4 Å². The molecule has 2 rings (SSSR count). The molecule has 0 spiro atoms. The van der Waals surface area contributed by atoms with Gasteiger partial charge in [0, 0.05) is 11.6 Å². The predicted octanol–water partition coefficient (Wildman–Crippen LogP) is 4.04. The molecule has 0 saturated carbocycles. The van der Waals surface area contributed by atoms with Crippen molar-refractivity contribution < 1.29 is 9.53 Å². The van der Waals surface area contributed by atoms with Crippen LogP contribution in [0.3, 0.4) is 0 Å². The van der Waals surface area contributed by atoms with Crippen molar-refractivity contribution in [1.29, 1.82) is 0 Å². The number of rotatable bonds is 5. The molecule has 0 radical (unpaired) electrons. The minimum Gasteiger partial charge on any atom is -0.490 e. The monoisotopic (exact) mass is 309 g/mol. The first-order valence-electron chi connectivity index (χ1n) is 7.67. The fraction of sp³-hybridized carbons (Fsp3) is 0.588. The van der Waals surface area contributed by atoms with E-state index in [0.717, 1.165) is 13.1 Å². The molecule has 0 amide bonds. The second-order valence-electron chi connectivity index (χ2n) is 6.21. The highest BCUT2D eigenvalue weighted by Gasteiger charge is 2.21. The van der Waals surface area contributed by atoms with Crippen LogP contribution < -0.4 is 4.74 Å². The summed E-state index contributed by atoms with van der Waals surface area (Å²) in [5, 5.41) is 0.571. The number of carbonyl (C=O) groups is 1. The Morgan fingerprint density at radius 3 is 2.90 bits per heavy atom. The van der Waals surface area contributed by atoms with Gasteiger partial charge in [-0.1, -0.05) is 18.5 Å². The minimum absolute atomic E-state index is 0.0349. The van der Waals surface area contributed by atoms with Gasteiger partial charge >= 0.3 is 0 Å². The van der Waals surface area contributed by atoms with Gasteiger partial charge in [0.1, 0.15) is 5.75 Å². The van der Waals surface area contributed by atoms with Gasteiger partial charge in [-0.25, -0.2) is 0 Å². The second kappa shape index (κ2) is 7.28. The van der Waals surface area contributed by atoms with E-state index in [1.807, 2.05) is 13.8 Å². The fourth-order valence-electron chi connectivity index (χ4n) is 2.80. The normalized spacial score (nSPS) is 19.8. The van der Waals surface area contributed by atoms with E-state index in [2.05, 4.69) is 11.8 Å². The number of hydrogen-bond donors (Lipinski definition) is 0. The van der Waals surface area contributed by atoms with Gasteiger partial charge in [0.05, 0.1) is 18.2 Å². The molecule has 0 N–H and O–H groups in total. The predicted molar refractivity (Wildman–Crippen MR) is 86.4 cm³/mol. The van der Waals surface area contributed by atoms with Crippen LogP contribution in [-0.4, -0.2) is 36.4 Å². The van der Waals surface area contributed by atoms with Crippen molar-refractivity contribution in [2.24, 2.45) is 5.92 Å². The fourth-order valence-corrected chi connectivity index (χ4v) is 2.97. The van der Waals surface area contributed by atoms with Crippen LogP contribution in [0.4, 0.5) is 0 Å². The molecular formula is C17H24ClNO2. The number of Topliss-reactive ketones (excluding diaryl/α,β-unsaturated/α-hetero) is 1. The van der Waals surface area contributed by atoms with Crippen molar-refractivity contribution in [3.8, 4) is 5.75 Å². The van der Waals surface area contributed by atoms with E-state index in [0.29, 0.717) is 28.8 Å². The van der Waals surface area contributed by atoms with Gasteiger partial charge in [-0.05, 0) is 57.4 Å². The number of likely N-dealkylation sites (tertiary alicyclic amines) is 1. The standard InChI is InChI=1S/C17H24ClNO2/c1-12(2)21-17-7-6-14(18)9-15(17)16(20)11-19-8-4-5-13(3)10-19/h6-7,9,12-13H,4-5,8,10-11H2,1-3H3. The summed E-state index contributed by atoms with van der Waals surface area (Å²) in [7, 11) is 0. The molecule has 1 aromatic carbocycles. The number of nitrogens with zero attached hydrogens (tertiary/aromatic N) is 1. The number of ether oxygens (including phenoxy) is 1. The Kier molecular flexibility index (Phi) is 5.65. The summed E-state index contributed by atoms with van der Waals surface area (Å²) in [6, 6.07) is 5.27. The van der Waals surface area contributed by atoms with Crippen LogP contribution in [0.5, 0.6) is 5.75 Å². The number of halogens is 1. The van der Waals surface area contributed by atoms with E-state index < -0.39 is 0 Å². The SMILES string of the molecule is CC1CCCN(CC(=O)c2cc(Cl)ccc2OC(C)C)C1. The van der Waals surface area contributed by atoms with Crippen LogP contribution in [0.2, 0.25) is 5.02 Å². The van der Waals surface area contributed by atoms with Crippen molar-refractivity contribution in [1.82, 2.24) is 4.90 Å². The van der Waals surface area contributed by atoms with Crippen LogP contribution >= 0.6 is 11.6 Å². The molecule has 0 bridgehead atoms. The van der Waals surface area contributed by atoms with Gasteiger partial charge in [-0.15, -0.1) is 0 Å². The van der Waals surface area contributed by atoms with Crippen molar-refractivity contribution in [2.75, 3.05) is 19.6 Å². The Labute approximate surface area is 132 Å². The third-order valence-corrected chi connectivity index (χ3v) is 3.95. The second-order valence-corrected chi connectivity index (χ2v) is 6.65. The number of ketones is 1. The van der Waals surface area contributed by atoms with E-state index in [9.17, 15) is 4.79 Å². The van der Waals surface area contributed by atoms with Crippen LogP contribution in [-0.2, 0) is 0 Å². The first kappa shape index (κ1) is 16.3. The van der Waals surface area contributed by atoms with Gasteiger partial charge in [0.2, 0.25) is 0 Å². The molecule has 0 aliphatic carbocycles. The zero-order valence-corrected chi connectivity index (χ0v) is 13.8. The van der Waals surface area contributed by atoms with E-state index in [4.69, 9.17) is 16.3 Å². The van der Waals surface area contributed by atoms with Gasteiger partial charge in [-0.3, -0.25) is 9.69 Å². The zero-order valence-electron chi connectivity index (χ0n) is 13.1. The van der Waals surface area contributed by atoms with Crippen molar-refractivity contribution in [3.63, 3.8) is 0 Å². The average molecular weight is 310 g/mol.